The van der Waals surface area contributed by atoms with E-state index in [0.717, 1.165) is 12.8 Å². The van der Waals surface area contributed by atoms with Gasteiger partial charge in [0.15, 0.2) is 5.89 Å². The van der Waals surface area contributed by atoms with Gasteiger partial charge in [0, 0.05) is 18.9 Å². The highest BCUT2D eigenvalue weighted by Gasteiger charge is 2.30. The van der Waals surface area contributed by atoms with E-state index >= 15 is 0 Å². The van der Waals surface area contributed by atoms with Gasteiger partial charge in [0.2, 0.25) is 5.76 Å². The van der Waals surface area contributed by atoms with Crippen molar-refractivity contribution in [3.8, 4) is 0 Å². The number of unbranched alkanes of at least 4 members (excludes halogenated alkanes) is 1. The van der Waals surface area contributed by atoms with Crippen LogP contribution in [0.3, 0.4) is 0 Å². The molecule has 19 heavy (non-hydrogen) atoms. The van der Waals surface area contributed by atoms with Crippen molar-refractivity contribution in [1.82, 2.24) is 10.3 Å². The lowest BCUT2D eigenvalue weighted by molar-refractivity contribution is -0.137. The molecule has 6 nitrogen and oxygen atoms in total. The van der Waals surface area contributed by atoms with Crippen molar-refractivity contribution in [1.29, 1.82) is 0 Å². The summed E-state index contributed by atoms with van der Waals surface area (Å²) in [5, 5.41) is 11.2. The van der Waals surface area contributed by atoms with E-state index in [1.165, 1.54) is 0 Å². The zero-order chi connectivity index (χ0) is 13.8. The molecule has 2 rings (SSSR count). The molecule has 1 fully saturated rings. The van der Waals surface area contributed by atoms with Gasteiger partial charge in [0.05, 0.1) is 5.69 Å². The van der Waals surface area contributed by atoms with Crippen LogP contribution in [0.25, 0.3) is 0 Å². The van der Waals surface area contributed by atoms with E-state index in [-0.39, 0.29) is 18.1 Å². The highest BCUT2D eigenvalue weighted by Crippen LogP contribution is 2.39. The lowest BCUT2D eigenvalue weighted by Crippen LogP contribution is -2.24. The van der Waals surface area contributed by atoms with Gasteiger partial charge in [-0.15, -0.1) is 0 Å². The first-order valence-electron chi connectivity index (χ1n) is 6.55. The summed E-state index contributed by atoms with van der Waals surface area (Å²) in [6.45, 7) is 2.21. The number of carbonyl (C=O) groups excluding carboxylic acids is 1. The van der Waals surface area contributed by atoms with E-state index in [4.69, 9.17) is 9.52 Å². The van der Waals surface area contributed by atoms with Crippen LogP contribution in [0.15, 0.2) is 4.42 Å². The first-order valence-corrected chi connectivity index (χ1v) is 6.55. The van der Waals surface area contributed by atoms with Crippen molar-refractivity contribution in [2.45, 2.75) is 44.9 Å². The van der Waals surface area contributed by atoms with Crippen LogP contribution in [0, 0.1) is 6.92 Å². The molecule has 6 heteroatoms. The maximum Gasteiger partial charge on any atom is 0.303 e. The van der Waals surface area contributed by atoms with Crippen LogP contribution in [0.4, 0.5) is 0 Å². The van der Waals surface area contributed by atoms with Gasteiger partial charge in [-0.1, -0.05) is 0 Å². The number of carboxylic acids is 1. The molecule has 0 radical (unpaired) electrons. The van der Waals surface area contributed by atoms with Crippen LogP contribution >= 0.6 is 0 Å². The molecule has 1 aliphatic rings. The quantitative estimate of drug-likeness (QED) is 0.735. The third-order valence-electron chi connectivity index (χ3n) is 3.05. The number of rotatable bonds is 7. The molecule has 1 heterocycles. The van der Waals surface area contributed by atoms with Gasteiger partial charge < -0.3 is 14.8 Å². The summed E-state index contributed by atoms with van der Waals surface area (Å²) in [6.07, 6.45) is 3.48. The first kappa shape index (κ1) is 13.6. The molecular weight excluding hydrogens is 248 g/mol. The van der Waals surface area contributed by atoms with Crippen molar-refractivity contribution < 1.29 is 19.1 Å². The Morgan fingerprint density at radius 3 is 2.79 bits per heavy atom. The Labute approximate surface area is 111 Å². The minimum absolute atomic E-state index is 0.128. The zero-order valence-electron chi connectivity index (χ0n) is 10.9. The van der Waals surface area contributed by atoms with Crippen molar-refractivity contribution in [2.24, 2.45) is 0 Å². The summed E-state index contributed by atoms with van der Waals surface area (Å²) in [5.41, 5.74) is 0.616. The van der Waals surface area contributed by atoms with E-state index in [0.29, 0.717) is 36.9 Å². The molecule has 1 amide bonds. The van der Waals surface area contributed by atoms with Crippen molar-refractivity contribution in [3.05, 3.63) is 17.3 Å². The number of aromatic nitrogens is 1. The second-order valence-electron chi connectivity index (χ2n) is 4.85. The van der Waals surface area contributed by atoms with Gasteiger partial charge in [-0.05, 0) is 32.6 Å². The fourth-order valence-electron chi connectivity index (χ4n) is 1.82. The molecule has 0 saturated heterocycles. The van der Waals surface area contributed by atoms with Crippen LogP contribution in [-0.4, -0.2) is 28.5 Å². The Hall–Kier alpha value is -1.85. The number of hydrogen-bond donors (Lipinski definition) is 2. The molecule has 1 saturated carbocycles. The van der Waals surface area contributed by atoms with Gasteiger partial charge in [-0.3, -0.25) is 9.59 Å². The highest BCUT2D eigenvalue weighted by molar-refractivity contribution is 5.92. The van der Waals surface area contributed by atoms with E-state index in [2.05, 4.69) is 10.3 Å². The van der Waals surface area contributed by atoms with Crippen LogP contribution in [0.5, 0.6) is 0 Å². The number of oxazole rings is 1. The van der Waals surface area contributed by atoms with Gasteiger partial charge in [-0.2, -0.15) is 0 Å². The molecule has 2 N–H and O–H groups in total. The predicted molar refractivity (Wildman–Crippen MR) is 67.0 cm³/mol. The number of nitrogens with zero attached hydrogens (tertiary/aromatic N) is 1. The minimum Gasteiger partial charge on any atom is -0.481 e. The van der Waals surface area contributed by atoms with Crippen LogP contribution in [-0.2, 0) is 4.79 Å². The summed E-state index contributed by atoms with van der Waals surface area (Å²) in [6, 6.07) is 0. The van der Waals surface area contributed by atoms with Gasteiger partial charge in [0.25, 0.3) is 5.91 Å². The molecule has 104 valence electrons. The second-order valence-corrected chi connectivity index (χ2v) is 4.85. The zero-order valence-corrected chi connectivity index (χ0v) is 10.9. The Morgan fingerprint density at radius 2 is 2.16 bits per heavy atom. The monoisotopic (exact) mass is 266 g/mol. The second kappa shape index (κ2) is 5.86. The number of carbonyl (C=O) groups is 2. The fraction of sp³-hybridized carbons (Fsp3) is 0.615. The summed E-state index contributed by atoms with van der Waals surface area (Å²) in [4.78, 5) is 26.4. The van der Waals surface area contributed by atoms with Crippen LogP contribution < -0.4 is 5.32 Å². The lowest BCUT2D eigenvalue weighted by atomic mass is 10.2. The fourth-order valence-corrected chi connectivity index (χ4v) is 1.82. The molecule has 0 bridgehead atoms. The normalized spacial score (nSPS) is 14.4. The molecule has 1 aliphatic carbocycles. The van der Waals surface area contributed by atoms with E-state index < -0.39 is 5.97 Å². The molecule has 0 aliphatic heterocycles. The SMILES string of the molecule is Cc1nc(C2CC2)oc1C(=O)NCCCCC(=O)O. The maximum absolute atomic E-state index is 11.9. The summed E-state index contributed by atoms with van der Waals surface area (Å²) < 4.78 is 5.48. The Kier molecular flexibility index (Phi) is 4.19. The van der Waals surface area contributed by atoms with E-state index in [1.54, 1.807) is 6.92 Å². The van der Waals surface area contributed by atoms with Crippen molar-refractivity contribution >= 4 is 11.9 Å². The van der Waals surface area contributed by atoms with Gasteiger partial charge in [-0.25, -0.2) is 4.98 Å². The molecule has 1 aromatic heterocycles. The van der Waals surface area contributed by atoms with Crippen molar-refractivity contribution in [3.63, 3.8) is 0 Å². The van der Waals surface area contributed by atoms with E-state index in [9.17, 15) is 9.59 Å². The summed E-state index contributed by atoms with van der Waals surface area (Å²) in [7, 11) is 0. The smallest absolute Gasteiger partial charge is 0.303 e. The predicted octanol–water partition coefficient (Wildman–Crippen LogP) is 1.85. The maximum atomic E-state index is 11.9. The summed E-state index contributed by atoms with van der Waals surface area (Å²) >= 11 is 0. The Bertz CT molecular complexity index is 477. The molecule has 0 aromatic carbocycles. The number of amides is 1. The molecule has 0 atom stereocenters. The molecular formula is C13H18N2O4. The first-order chi connectivity index (χ1) is 9.08. The molecule has 0 unspecified atom stereocenters. The van der Waals surface area contributed by atoms with Gasteiger partial charge in [0.1, 0.15) is 0 Å². The van der Waals surface area contributed by atoms with E-state index in [1.807, 2.05) is 0 Å². The summed E-state index contributed by atoms with van der Waals surface area (Å²) in [5.74, 6) is 0.239. The largest absolute Gasteiger partial charge is 0.481 e. The van der Waals surface area contributed by atoms with Crippen LogP contribution in [0.1, 0.15) is 60.2 Å². The lowest BCUT2D eigenvalue weighted by Gasteiger charge is -2.02. The average Bonchev–Trinajstić information content (AvgIpc) is 3.12. The standard InChI is InChI=1S/C13H18N2O4/c1-8-11(19-13(15-8)9-5-6-9)12(18)14-7-3-2-4-10(16)17/h9H,2-7H2,1H3,(H,14,18)(H,16,17). The minimum atomic E-state index is -0.813. The third kappa shape index (κ3) is 3.81. The highest BCUT2D eigenvalue weighted by atomic mass is 16.4. The number of nitrogens with one attached hydrogen (secondary N) is 1. The molecule has 0 spiro atoms. The number of carboxylic acid groups (broad SMARTS) is 1. The van der Waals surface area contributed by atoms with Crippen molar-refractivity contribution in [2.75, 3.05) is 6.54 Å². The Morgan fingerprint density at radius 1 is 1.42 bits per heavy atom. The van der Waals surface area contributed by atoms with Gasteiger partial charge >= 0.3 is 5.97 Å². The third-order valence-corrected chi connectivity index (χ3v) is 3.05. The average molecular weight is 266 g/mol. The molecule has 1 aromatic rings. The van der Waals surface area contributed by atoms with Crippen LogP contribution in [0.2, 0.25) is 0 Å². The number of aliphatic carboxylic acids is 1. The topological polar surface area (TPSA) is 92.4 Å². The number of aryl methyl sites for hydroxylation is 1. The Balaban J connectivity index is 1.77. The number of hydrogen-bond acceptors (Lipinski definition) is 4.